The first-order valence-corrected chi connectivity index (χ1v) is 7.01. The van der Waals surface area contributed by atoms with Crippen LogP contribution in [0.1, 0.15) is 25.7 Å². The number of rotatable bonds is 0. The van der Waals surface area contributed by atoms with E-state index in [-0.39, 0.29) is 5.60 Å². The van der Waals surface area contributed by atoms with Crippen LogP contribution in [0.4, 0.5) is 0 Å². The first kappa shape index (κ1) is 10.5. The zero-order valence-electron chi connectivity index (χ0n) is 10.6. The maximum Gasteiger partial charge on any atom is 0.102 e. The van der Waals surface area contributed by atoms with Crippen LogP contribution >= 0.6 is 0 Å². The number of fused-ring (bicyclic) bond motifs is 1. The fourth-order valence-electron chi connectivity index (χ4n) is 4.27. The molecule has 4 aliphatic rings. The molecule has 2 spiro atoms. The molecule has 0 aromatic heterocycles. The zero-order chi connectivity index (χ0) is 11.5. The van der Waals surface area contributed by atoms with E-state index in [4.69, 9.17) is 4.74 Å². The summed E-state index contributed by atoms with van der Waals surface area (Å²) in [4.78, 5) is 2.45. The van der Waals surface area contributed by atoms with E-state index >= 15 is 0 Å². The second-order valence-corrected chi connectivity index (χ2v) is 6.54. The molecule has 4 aliphatic heterocycles. The molecule has 0 aromatic rings. The van der Waals surface area contributed by atoms with E-state index in [1.807, 2.05) is 0 Å². The lowest BCUT2D eigenvalue weighted by molar-refractivity contribution is -0.0321. The summed E-state index contributed by atoms with van der Waals surface area (Å²) >= 11 is 0. The van der Waals surface area contributed by atoms with Crippen LogP contribution in [0.3, 0.4) is 0 Å². The standard InChI is InChI=1S/C14H22N2O/c1-16-6-4-13(5-7-16)9-11-8-12-2-3-14(11,17-12)10-15-13/h2-3,11-12,15H,4-10H2,1H3/t11-,12-,14-/m1/s1. The number of likely N-dealkylation sites (tertiary alicyclic amines) is 1. The van der Waals surface area contributed by atoms with E-state index in [1.165, 1.54) is 38.8 Å². The Bertz CT molecular complexity index is 359. The van der Waals surface area contributed by atoms with Gasteiger partial charge < -0.3 is 15.0 Å². The normalized spacial score (nSPS) is 47.6. The van der Waals surface area contributed by atoms with E-state index in [2.05, 4.69) is 29.4 Å². The molecule has 3 saturated heterocycles. The van der Waals surface area contributed by atoms with Gasteiger partial charge in [0.25, 0.3) is 0 Å². The molecule has 17 heavy (non-hydrogen) atoms. The summed E-state index contributed by atoms with van der Waals surface area (Å²) in [6, 6.07) is 0. The van der Waals surface area contributed by atoms with Crippen LogP contribution in [0.2, 0.25) is 0 Å². The third-order valence-corrected chi connectivity index (χ3v) is 5.49. The van der Waals surface area contributed by atoms with Gasteiger partial charge in [-0.25, -0.2) is 0 Å². The van der Waals surface area contributed by atoms with Gasteiger partial charge in [0.2, 0.25) is 0 Å². The van der Waals surface area contributed by atoms with E-state index in [0.29, 0.717) is 11.6 Å². The van der Waals surface area contributed by atoms with Crippen LogP contribution in [0, 0.1) is 5.92 Å². The summed E-state index contributed by atoms with van der Waals surface area (Å²) in [5.41, 5.74) is 0.489. The molecule has 0 aromatic carbocycles. The highest BCUT2D eigenvalue weighted by molar-refractivity contribution is 5.24. The molecule has 2 bridgehead atoms. The van der Waals surface area contributed by atoms with Crippen molar-refractivity contribution < 1.29 is 4.74 Å². The number of nitrogens with one attached hydrogen (secondary N) is 1. The van der Waals surface area contributed by atoms with Crippen molar-refractivity contribution in [3.8, 4) is 0 Å². The van der Waals surface area contributed by atoms with E-state index in [1.54, 1.807) is 0 Å². The number of hydrogen-bond donors (Lipinski definition) is 1. The molecule has 94 valence electrons. The van der Waals surface area contributed by atoms with Crippen molar-refractivity contribution >= 4 is 0 Å². The lowest BCUT2D eigenvalue weighted by Gasteiger charge is -2.50. The Morgan fingerprint density at radius 1 is 1.35 bits per heavy atom. The lowest BCUT2D eigenvalue weighted by Crippen LogP contribution is -2.63. The van der Waals surface area contributed by atoms with Crippen molar-refractivity contribution in [1.29, 1.82) is 0 Å². The Hall–Kier alpha value is -0.380. The van der Waals surface area contributed by atoms with Crippen molar-refractivity contribution in [3.63, 3.8) is 0 Å². The smallest absolute Gasteiger partial charge is 0.102 e. The van der Waals surface area contributed by atoms with Crippen molar-refractivity contribution in [2.45, 2.75) is 42.9 Å². The Morgan fingerprint density at radius 3 is 2.94 bits per heavy atom. The molecule has 1 N–H and O–H groups in total. The van der Waals surface area contributed by atoms with Crippen molar-refractivity contribution in [2.75, 3.05) is 26.7 Å². The van der Waals surface area contributed by atoms with Crippen LogP contribution in [-0.2, 0) is 4.74 Å². The molecule has 0 amide bonds. The highest BCUT2D eigenvalue weighted by atomic mass is 16.5. The maximum atomic E-state index is 6.13. The number of hydrogen-bond acceptors (Lipinski definition) is 3. The second-order valence-electron chi connectivity index (χ2n) is 6.54. The minimum atomic E-state index is 0.0687. The third kappa shape index (κ3) is 1.46. The van der Waals surface area contributed by atoms with Gasteiger partial charge >= 0.3 is 0 Å². The summed E-state index contributed by atoms with van der Waals surface area (Å²) in [6.07, 6.45) is 10.2. The van der Waals surface area contributed by atoms with Crippen molar-refractivity contribution in [3.05, 3.63) is 12.2 Å². The van der Waals surface area contributed by atoms with Gasteiger partial charge in [-0.2, -0.15) is 0 Å². The minimum absolute atomic E-state index is 0.0687. The Balaban J connectivity index is 1.54. The first-order valence-electron chi connectivity index (χ1n) is 7.01. The highest BCUT2D eigenvalue weighted by Crippen LogP contribution is 2.50. The maximum absolute atomic E-state index is 6.13. The Kier molecular flexibility index (Phi) is 2.07. The SMILES string of the molecule is CN1CCC2(CC1)C[C@H]1C[C@H]3C=C[C@]1(CN2)O3. The molecule has 3 heteroatoms. The zero-order valence-corrected chi connectivity index (χ0v) is 10.6. The van der Waals surface area contributed by atoms with E-state index < -0.39 is 0 Å². The van der Waals surface area contributed by atoms with Crippen LogP contribution in [0.5, 0.6) is 0 Å². The second kappa shape index (κ2) is 3.34. The Morgan fingerprint density at radius 2 is 2.18 bits per heavy atom. The summed E-state index contributed by atoms with van der Waals surface area (Å²) in [7, 11) is 2.24. The van der Waals surface area contributed by atoms with Gasteiger partial charge in [0, 0.05) is 12.1 Å². The fourth-order valence-corrected chi connectivity index (χ4v) is 4.27. The topological polar surface area (TPSA) is 24.5 Å². The van der Waals surface area contributed by atoms with Gasteiger partial charge in [0.15, 0.2) is 0 Å². The van der Waals surface area contributed by atoms with Crippen LogP contribution < -0.4 is 5.32 Å². The lowest BCUT2D eigenvalue weighted by atomic mass is 9.68. The molecule has 0 saturated carbocycles. The minimum Gasteiger partial charge on any atom is -0.362 e. The molecule has 0 aliphatic carbocycles. The van der Waals surface area contributed by atoms with Crippen LogP contribution in [-0.4, -0.2) is 48.8 Å². The molecule has 3 nitrogen and oxygen atoms in total. The third-order valence-electron chi connectivity index (χ3n) is 5.49. The monoisotopic (exact) mass is 234 g/mol. The van der Waals surface area contributed by atoms with Crippen LogP contribution in [0.25, 0.3) is 0 Å². The Labute approximate surface area is 103 Å². The predicted molar refractivity (Wildman–Crippen MR) is 66.9 cm³/mol. The van der Waals surface area contributed by atoms with Gasteiger partial charge in [-0.05, 0) is 51.7 Å². The van der Waals surface area contributed by atoms with Gasteiger partial charge in [-0.1, -0.05) is 12.2 Å². The molecule has 0 unspecified atom stereocenters. The van der Waals surface area contributed by atoms with Gasteiger partial charge in [-0.3, -0.25) is 0 Å². The largest absolute Gasteiger partial charge is 0.362 e. The molecule has 3 atom stereocenters. The number of piperidine rings is 2. The fraction of sp³-hybridized carbons (Fsp3) is 0.857. The molecular weight excluding hydrogens is 212 g/mol. The predicted octanol–water partition coefficient (Wildman–Crippen LogP) is 1.16. The van der Waals surface area contributed by atoms with Gasteiger partial charge in [0.05, 0.1) is 6.10 Å². The molecule has 4 rings (SSSR count). The summed E-state index contributed by atoms with van der Waals surface area (Å²) in [6.45, 7) is 3.52. The summed E-state index contributed by atoms with van der Waals surface area (Å²) in [5, 5.41) is 3.84. The number of nitrogens with zero attached hydrogens (tertiary/aromatic N) is 1. The summed E-state index contributed by atoms with van der Waals surface area (Å²) < 4.78 is 6.13. The summed E-state index contributed by atoms with van der Waals surface area (Å²) in [5.74, 6) is 0.766. The van der Waals surface area contributed by atoms with E-state index in [0.717, 1.165) is 12.5 Å². The highest BCUT2D eigenvalue weighted by Gasteiger charge is 2.56. The van der Waals surface area contributed by atoms with E-state index in [9.17, 15) is 0 Å². The molecule has 4 heterocycles. The average Bonchev–Trinajstić information content (AvgIpc) is 2.89. The molecule has 0 radical (unpaired) electrons. The first-order chi connectivity index (χ1) is 8.20. The average molecular weight is 234 g/mol. The van der Waals surface area contributed by atoms with Crippen molar-refractivity contribution in [1.82, 2.24) is 10.2 Å². The van der Waals surface area contributed by atoms with Gasteiger partial charge in [-0.15, -0.1) is 0 Å². The van der Waals surface area contributed by atoms with Crippen molar-refractivity contribution in [2.24, 2.45) is 5.92 Å². The number of ether oxygens (including phenoxy) is 1. The molecule has 3 fully saturated rings. The molecular formula is C14H22N2O. The van der Waals surface area contributed by atoms with Gasteiger partial charge in [0.1, 0.15) is 5.60 Å². The quantitative estimate of drug-likeness (QED) is 0.637. The van der Waals surface area contributed by atoms with Crippen LogP contribution in [0.15, 0.2) is 12.2 Å².